The second-order valence-corrected chi connectivity index (χ2v) is 12.7. The first-order valence-corrected chi connectivity index (χ1v) is 15.0. The molecule has 0 radical (unpaired) electrons. The summed E-state index contributed by atoms with van der Waals surface area (Å²) in [6, 6.07) is 40.1. The van der Waals surface area contributed by atoms with Crippen molar-refractivity contribution in [3.63, 3.8) is 0 Å². The van der Waals surface area contributed by atoms with Crippen LogP contribution in [0.1, 0.15) is 77.4 Å². The first-order chi connectivity index (χ1) is 20.8. The molecule has 5 aromatic carbocycles. The maximum atomic E-state index is 12.3. The Morgan fingerprint density at radius 2 is 1.33 bits per heavy atom. The van der Waals surface area contributed by atoms with Gasteiger partial charge in [0.2, 0.25) is 6.23 Å². The number of aromatic hydroxyl groups is 1. The number of hydrogen-bond donors (Lipinski definition) is 1. The number of phenolic OH excluding ortho intramolecular Hbond substituents is 1. The largest absolute Gasteiger partial charge is 0.507 e. The van der Waals surface area contributed by atoms with Crippen LogP contribution in [0.2, 0.25) is 0 Å². The SMILES string of the molecule is Cc1ccc(C2ON=C(c3cc(C(C)(C)C)cc(C4c5ccccc5-c5ccccc54)c3O)N2Cc2ccccc2)cc1. The first kappa shape index (κ1) is 27.0. The Labute approximate surface area is 253 Å². The van der Waals surface area contributed by atoms with E-state index in [1.807, 2.05) is 6.07 Å². The van der Waals surface area contributed by atoms with E-state index in [0.29, 0.717) is 17.9 Å². The third-order valence-corrected chi connectivity index (χ3v) is 8.74. The molecule has 1 aliphatic carbocycles. The van der Waals surface area contributed by atoms with Gasteiger partial charge in [0.1, 0.15) is 5.75 Å². The molecule has 43 heavy (non-hydrogen) atoms. The quantitative estimate of drug-likeness (QED) is 0.227. The maximum absolute atomic E-state index is 12.3. The number of amidine groups is 1. The van der Waals surface area contributed by atoms with Crippen LogP contribution in [0.4, 0.5) is 0 Å². The van der Waals surface area contributed by atoms with E-state index in [1.54, 1.807) is 0 Å². The van der Waals surface area contributed by atoms with E-state index in [1.165, 1.54) is 27.8 Å². The monoisotopic (exact) mass is 564 g/mol. The van der Waals surface area contributed by atoms with Gasteiger partial charge in [0.15, 0.2) is 5.84 Å². The third kappa shape index (κ3) is 4.77. The van der Waals surface area contributed by atoms with Gasteiger partial charge in [-0.15, -0.1) is 0 Å². The van der Waals surface area contributed by atoms with Crippen LogP contribution in [0.25, 0.3) is 11.1 Å². The highest BCUT2D eigenvalue weighted by molar-refractivity contribution is 6.02. The molecule has 1 aliphatic heterocycles. The average molecular weight is 565 g/mol. The molecule has 5 aromatic rings. The van der Waals surface area contributed by atoms with Gasteiger partial charge in [-0.1, -0.05) is 141 Å². The zero-order valence-electron chi connectivity index (χ0n) is 25.1. The lowest BCUT2D eigenvalue weighted by Gasteiger charge is -2.29. The topological polar surface area (TPSA) is 45.1 Å². The van der Waals surface area contributed by atoms with Crippen molar-refractivity contribution in [1.82, 2.24) is 4.90 Å². The highest BCUT2D eigenvalue weighted by Gasteiger charge is 2.38. The fourth-order valence-electron chi connectivity index (χ4n) is 6.41. The summed E-state index contributed by atoms with van der Waals surface area (Å²) in [7, 11) is 0. The minimum absolute atomic E-state index is 0.0909. The van der Waals surface area contributed by atoms with Gasteiger partial charge in [-0.05, 0) is 51.8 Å². The fourth-order valence-corrected chi connectivity index (χ4v) is 6.41. The Bertz CT molecular complexity index is 1790. The number of oxime groups is 1. The lowest BCUT2D eigenvalue weighted by molar-refractivity contribution is 0.00582. The summed E-state index contributed by atoms with van der Waals surface area (Å²) in [6.07, 6.45) is -0.412. The molecule has 0 spiro atoms. The van der Waals surface area contributed by atoms with Crippen LogP contribution < -0.4 is 0 Å². The minimum atomic E-state index is -0.412. The molecular weight excluding hydrogens is 528 g/mol. The number of aryl methyl sites for hydroxylation is 1. The van der Waals surface area contributed by atoms with Gasteiger partial charge < -0.3 is 14.8 Å². The van der Waals surface area contributed by atoms with Gasteiger partial charge in [-0.25, -0.2) is 0 Å². The van der Waals surface area contributed by atoms with Crippen molar-refractivity contribution in [1.29, 1.82) is 0 Å². The molecule has 7 rings (SSSR count). The van der Waals surface area contributed by atoms with E-state index in [9.17, 15) is 5.11 Å². The highest BCUT2D eigenvalue weighted by atomic mass is 16.7. The van der Waals surface area contributed by atoms with Crippen molar-refractivity contribution < 1.29 is 9.94 Å². The van der Waals surface area contributed by atoms with E-state index in [4.69, 9.17) is 4.84 Å². The van der Waals surface area contributed by atoms with E-state index in [0.717, 1.165) is 22.3 Å². The fraction of sp³-hybridized carbons (Fsp3) is 0.205. The van der Waals surface area contributed by atoms with Gasteiger partial charge in [0.05, 0.1) is 5.56 Å². The van der Waals surface area contributed by atoms with Crippen LogP contribution in [-0.4, -0.2) is 15.8 Å². The lowest BCUT2D eigenvalue weighted by atomic mass is 9.80. The molecule has 4 heteroatoms. The second-order valence-electron chi connectivity index (χ2n) is 12.7. The summed E-state index contributed by atoms with van der Waals surface area (Å²) in [6.45, 7) is 9.31. The maximum Gasteiger partial charge on any atom is 0.227 e. The lowest BCUT2D eigenvalue weighted by Crippen LogP contribution is -2.31. The van der Waals surface area contributed by atoms with E-state index in [2.05, 4.69) is 147 Å². The molecule has 1 unspecified atom stereocenters. The van der Waals surface area contributed by atoms with Gasteiger partial charge in [0, 0.05) is 23.6 Å². The van der Waals surface area contributed by atoms with Gasteiger partial charge in [-0.3, -0.25) is 0 Å². The van der Waals surface area contributed by atoms with Crippen molar-refractivity contribution in [2.24, 2.45) is 5.16 Å². The number of rotatable bonds is 5. The number of hydrogen-bond acceptors (Lipinski definition) is 4. The van der Waals surface area contributed by atoms with Gasteiger partial charge in [0.25, 0.3) is 0 Å². The van der Waals surface area contributed by atoms with Crippen LogP contribution in [0.15, 0.2) is 120 Å². The average Bonchev–Trinajstić information content (AvgIpc) is 3.57. The summed E-state index contributed by atoms with van der Waals surface area (Å²) in [5, 5.41) is 17.0. The second kappa shape index (κ2) is 10.5. The summed E-state index contributed by atoms with van der Waals surface area (Å²) >= 11 is 0. The zero-order chi connectivity index (χ0) is 29.7. The van der Waals surface area contributed by atoms with Crippen LogP contribution in [0.5, 0.6) is 5.75 Å². The summed E-state index contributed by atoms with van der Waals surface area (Å²) < 4.78 is 0. The van der Waals surface area contributed by atoms with Crippen molar-refractivity contribution in [2.45, 2.75) is 51.8 Å². The molecule has 214 valence electrons. The van der Waals surface area contributed by atoms with Crippen molar-refractivity contribution >= 4 is 5.84 Å². The number of fused-ring (bicyclic) bond motifs is 3. The standard InChI is InChI=1S/C39H36N2O2/c1-25-18-20-27(21-19-25)38-41(24-26-12-6-5-7-13-26)37(40-43-38)34-23-28(39(2,3)4)22-33(36(34)42)35-31-16-10-8-14-29(31)30-15-9-11-17-32(30)35/h5-23,35,38,42H,24H2,1-4H3. The smallest absolute Gasteiger partial charge is 0.227 e. The van der Waals surface area contributed by atoms with Crippen molar-refractivity contribution in [2.75, 3.05) is 0 Å². The van der Waals surface area contributed by atoms with Gasteiger partial charge >= 0.3 is 0 Å². The predicted molar refractivity (Wildman–Crippen MR) is 173 cm³/mol. The molecule has 2 aliphatic rings. The van der Waals surface area contributed by atoms with Crippen LogP contribution in [0, 0.1) is 6.92 Å². The Balaban J connectivity index is 1.40. The van der Waals surface area contributed by atoms with E-state index >= 15 is 0 Å². The predicted octanol–water partition coefficient (Wildman–Crippen LogP) is 9.05. The van der Waals surface area contributed by atoms with Crippen LogP contribution in [-0.2, 0) is 16.8 Å². The molecule has 0 fully saturated rings. The molecule has 1 N–H and O–H groups in total. The third-order valence-electron chi connectivity index (χ3n) is 8.74. The van der Waals surface area contributed by atoms with Crippen molar-refractivity contribution in [3.05, 3.63) is 160 Å². The molecule has 0 bridgehead atoms. The summed E-state index contributed by atoms with van der Waals surface area (Å²) in [5.41, 5.74) is 10.8. The summed E-state index contributed by atoms with van der Waals surface area (Å²) in [5.74, 6) is 0.792. The molecule has 0 saturated heterocycles. The molecule has 1 heterocycles. The molecule has 1 atom stereocenters. The summed E-state index contributed by atoms with van der Waals surface area (Å²) in [4.78, 5) is 8.36. The highest BCUT2D eigenvalue weighted by Crippen LogP contribution is 2.51. The zero-order valence-corrected chi connectivity index (χ0v) is 25.1. The number of nitrogens with zero attached hydrogens (tertiary/aromatic N) is 2. The van der Waals surface area contributed by atoms with E-state index in [-0.39, 0.29) is 17.1 Å². The Morgan fingerprint density at radius 1 is 0.721 bits per heavy atom. The Morgan fingerprint density at radius 3 is 1.95 bits per heavy atom. The molecule has 0 amide bonds. The number of phenols is 1. The van der Waals surface area contributed by atoms with Crippen LogP contribution in [0.3, 0.4) is 0 Å². The minimum Gasteiger partial charge on any atom is -0.507 e. The molecule has 0 aromatic heterocycles. The molecule has 0 saturated carbocycles. The molecular formula is C39H36N2O2. The first-order valence-electron chi connectivity index (χ1n) is 15.0. The van der Waals surface area contributed by atoms with Gasteiger partial charge in [-0.2, -0.15) is 0 Å². The Hall–Kier alpha value is -4.83. The number of benzene rings is 5. The van der Waals surface area contributed by atoms with Crippen LogP contribution >= 0.6 is 0 Å². The van der Waals surface area contributed by atoms with E-state index < -0.39 is 6.23 Å². The normalized spacial score (nSPS) is 16.0. The Kier molecular flexibility index (Phi) is 6.58. The molecule has 4 nitrogen and oxygen atoms in total. The van der Waals surface area contributed by atoms with Crippen molar-refractivity contribution in [3.8, 4) is 16.9 Å².